The van der Waals surface area contributed by atoms with E-state index < -0.39 is 7.60 Å². The Kier molecular flexibility index (Phi) is 12.3. The molecule has 0 aliphatic rings. The molecule has 0 aromatic heterocycles. The van der Waals surface area contributed by atoms with E-state index in [-0.39, 0.29) is 19.4 Å². The lowest BCUT2D eigenvalue weighted by atomic mass is 9.98. The first kappa shape index (κ1) is 26.7. The summed E-state index contributed by atoms with van der Waals surface area (Å²) in [4.78, 5) is 11.5. The molecule has 0 fully saturated rings. The summed E-state index contributed by atoms with van der Waals surface area (Å²) in [7, 11) is -1.83. The second kappa shape index (κ2) is 13.8. The topological polar surface area (TPSA) is 71.1 Å². The monoisotopic (exact) mass is 442 g/mol. The maximum atomic E-state index is 13.0. The van der Waals surface area contributed by atoms with Crippen molar-refractivity contribution in [3.8, 4) is 11.5 Å². The zero-order valence-electron chi connectivity index (χ0n) is 19.4. The predicted molar refractivity (Wildman–Crippen MR) is 121 cm³/mol. The first-order valence-corrected chi connectivity index (χ1v) is 12.7. The smallest absolute Gasteiger partial charge is 0.335 e. The second-order valence-corrected chi connectivity index (χ2v) is 10.0. The molecule has 1 aromatic rings. The molecule has 6 nitrogen and oxygen atoms in total. The Bertz CT molecular complexity index is 679. The predicted octanol–water partition coefficient (Wildman–Crippen LogP) is 6.51. The van der Waals surface area contributed by atoms with Crippen LogP contribution in [0.25, 0.3) is 0 Å². The maximum absolute atomic E-state index is 13.0. The number of aldehydes is 1. The Morgan fingerprint density at radius 1 is 1.00 bits per heavy atom. The Hall–Kier alpha value is -1.36. The number of carbonyl (C=O) groups excluding carboxylic acids is 1. The van der Waals surface area contributed by atoms with Gasteiger partial charge in [-0.05, 0) is 44.2 Å². The highest BCUT2D eigenvalue weighted by Crippen LogP contribution is 2.53. The summed E-state index contributed by atoms with van der Waals surface area (Å²) in [5.41, 5.74) is 1.04. The molecule has 0 N–H and O–H groups in total. The molecule has 0 radical (unpaired) electrons. The van der Waals surface area contributed by atoms with Crippen molar-refractivity contribution in [1.82, 2.24) is 0 Å². The number of hydrogen-bond donors (Lipinski definition) is 0. The summed E-state index contributed by atoms with van der Waals surface area (Å²) in [6, 6.07) is 3.34. The van der Waals surface area contributed by atoms with Crippen LogP contribution in [0.4, 0.5) is 0 Å². The second-order valence-electron chi connectivity index (χ2n) is 7.99. The van der Waals surface area contributed by atoms with Gasteiger partial charge in [0, 0.05) is 5.56 Å². The minimum Gasteiger partial charge on any atom is -0.496 e. The van der Waals surface area contributed by atoms with Crippen LogP contribution < -0.4 is 9.47 Å². The molecule has 0 spiro atoms. The Balaban J connectivity index is 2.94. The van der Waals surface area contributed by atoms with Crippen LogP contribution in [0, 0.1) is 11.8 Å². The summed E-state index contributed by atoms with van der Waals surface area (Å²) in [5, 5.41) is 0. The van der Waals surface area contributed by atoms with Crippen molar-refractivity contribution in [2.75, 3.05) is 26.9 Å². The third kappa shape index (κ3) is 9.20. The van der Waals surface area contributed by atoms with Gasteiger partial charge in [0.25, 0.3) is 0 Å². The van der Waals surface area contributed by atoms with Crippen LogP contribution in [0.5, 0.6) is 11.5 Å². The summed E-state index contributed by atoms with van der Waals surface area (Å²) in [6.45, 7) is 11.4. The molecular weight excluding hydrogens is 403 g/mol. The minimum atomic E-state index is -3.32. The highest BCUT2D eigenvalue weighted by molar-refractivity contribution is 7.53. The molecule has 1 unspecified atom stereocenters. The van der Waals surface area contributed by atoms with Crippen LogP contribution in [-0.4, -0.2) is 33.2 Å². The average Bonchev–Trinajstić information content (AvgIpc) is 2.68. The van der Waals surface area contributed by atoms with Crippen molar-refractivity contribution in [3.63, 3.8) is 0 Å². The fourth-order valence-corrected chi connectivity index (χ4v) is 4.97. The SMILES string of the molecule is CCOP(=O)(Cc1cc(OC)c(C=O)cc1OCCC(C)CCCC(C)C)OCC. The van der Waals surface area contributed by atoms with Crippen LogP contribution in [0.3, 0.4) is 0 Å². The Morgan fingerprint density at radius 2 is 1.67 bits per heavy atom. The van der Waals surface area contributed by atoms with E-state index in [0.29, 0.717) is 35.2 Å². The van der Waals surface area contributed by atoms with Gasteiger partial charge in [0.2, 0.25) is 0 Å². The molecule has 0 amide bonds. The molecule has 0 saturated heterocycles. The molecule has 0 heterocycles. The van der Waals surface area contributed by atoms with Gasteiger partial charge in [0.05, 0.1) is 38.7 Å². The lowest BCUT2D eigenvalue weighted by Crippen LogP contribution is -2.08. The molecule has 172 valence electrons. The normalized spacial score (nSPS) is 12.8. The van der Waals surface area contributed by atoms with Gasteiger partial charge in [-0.25, -0.2) is 0 Å². The lowest BCUT2D eigenvalue weighted by molar-refractivity contribution is 0.112. The molecular formula is C23H39O6P. The van der Waals surface area contributed by atoms with E-state index in [1.807, 2.05) is 0 Å². The van der Waals surface area contributed by atoms with Crippen LogP contribution >= 0.6 is 7.60 Å². The minimum absolute atomic E-state index is 0.0590. The highest BCUT2D eigenvalue weighted by Gasteiger charge is 2.27. The van der Waals surface area contributed by atoms with E-state index in [0.717, 1.165) is 18.6 Å². The lowest BCUT2D eigenvalue weighted by Gasteiger charge is -2.20. The third-order valence-electron chi connectivity index (χ3n) is 4.90. The number of rotatable bonds is 16. The van der Waals surface area contributed by atoms with E-state index in [4.69, 9.17) is 18.5 Å². The van der Waals surface area contributed by atoms with Crippen molar-refractivity contribution in [2.24, 2.45) is 11.8 Å². The first-order chi connectivity index (χ1) is 14.3. The van der Waals surface area contributed by atoms with Gasteiger partial charge in [-0.1, -0.05) is 40.0 Å². The molecule has 7 heteroatoms. The number of ether oxygens (including phenoxy) is 2. The number of benzene rings is 1. The molecule has 1 aromatic carbocycles. The molecule has 1 atom stereocenters. The van der Waals surface area contributed by atoms with E-state index in [9.17, 15) is 9.36 Å². The van der Waals surface area contributed by atoms with Gasteiger partial charge < -0.3 is 18.5 Å². The third-order valence-corrected chi connectivity index (χ3v) is 6.93. The zero-order chi connectivity index (χ0) is 22.6. The number of hydrogen-bond acceptors (Lipinski definition) is 6. The fraction of sp³-hybridized carbons (Fsp3) is 0.696. The van der Waals surface area contributed by atoms with Crippen molar-refractivity contribution in [1.29, 1.82) is 0 Å². The van der Waals surface area contributed by atoms with Crippen LogP contribution in [0.1, 0.15) is 76.2 Å². The van der Waals surface area contributed by atoms with E-state index in [2.05, 4.69) is 20.8 Å². The van der Waals surface area contributed by atoms with Crippen molar-refractivity contribution in [2.45, 2.75) is 66.5 Å². The van der Waals surface area contributed by atoms with Gasteiger partial charge in [0.1, 0.15) is 11.5 Å². The number of carbonyl (C=O) groups is 1. The fourth-order valence-electron chi connectivity index (χ4n) is 3.26. The Morgan fingerprint density at radius 3 is 2.20 bits per heavy atom. The standard InChI is InChI=1S/C23H39O6P/c1-7-28-30(25,29-8-2)17-21-15-22(26-6)20(16-24)14-23(21)27-13-12-19(5)11-9-10-18(3)4/h14-16,18-19H,7-13,17H2,1-6H3. The largest absolute Gasteiger partial charge is 0.496 e. The molecule has 0 aliphatic heterocycles. The average molecular weight is 443 g/mol. The summed E-state index contributed by atoms with van der Waals surface area (Å²) < 4.78 is 35.2. The first-order valence-electron chi connectivity index (χ1n) is 11.0. The summed E-state index contributed by atoms with van der Waals surface area (Å²) in [5.74, 6) is 2.21. The van der Waals surface area contributed by atoms with E-state index in [1.54, 1.807) is 26.0 Å². The highest BCUT2D eigenvalue weighted by atomic mass is 31.2. The van der Waals surface area contributed by atoms with Gasteiger partial charge in [-0.15, -0.1) is 0 Å². The van der Waals surface area contributed by atoms with Gasteiger partial charge in [-0.3, -0.25) is 9.36 Å². The van der Waals surface area contributed by atoms with Crippen LogP contribution in [0.15, 0.2) is 12.1 Å². The van der Waals surface area contributed by atoms with Crippen LogP contribution in [-0.2, 0) is 19.8 Å². The maximum Gasteiger partial charge on any atom is 0.335 e. The van der Waals surface area contributed by atoms with Gasteiger partial charge >= 0.3 is 7.60 Å². The molecule has 30 heavy (non-hydrogen) atoms. The van der Waals surface area contributed by atoms with Gasteiger partial charge in [0.15, 0.2) is 6.29 Å². The van der Waals surface area contributed by atoms with E-state index in [1.165, 1.54) is 26.4 Å². The van der Waals surface area contributed by atoms with Crippen molar-refractivity contribution < 1.29 is 27.9 Å². The molecule has 1 rings (SSSR count). The molecule has 0 bridgehead atoms. The van der Waals surface area contributed by atoms with Crippen molar-refractivity contribution >= 4 is 13.9 Å². The Labute approximate surface area is 182 Å². The quantitative estimate of drug-likeness (QED) is 0.215. The number of methoxy groups -OCH3 is 1. The van der Waals surface area contributed by atoms with Crippen LogP contribution in [0.2, 0.25) is 0 Å². The molecule has 0 saturated carbocycles. The van der Waals surface area contributed by atoms with E-state index >= 15 is 0 Å². The van der Waals surface area contributed by atoms with Gasteiger partial charge in [-0.2, -0.15) is 0 Å². The summed E-state index contributed by atoms with van der Waals surface area (Å²) >= 11 is 0. The zero-order valence-corrected chi connectivity index (χ0v) is 20.3. The molecule has 0 aliphatic carbocycles. The van der Waals surface area contributed by atoms with Crippen molar-refractivity contribution in [3.05, 3.63) is 23.3 Å². The summed E-state index contributed by atoms with van der Waals surface area (Å²) in [6.07, 6.45) is 5.32.